The Bertz CT molecular complexity index is 382. The summed E-state index contributed by atoms with van der Waals surface area (Å²) in [5.41, 5.74) is 0.154. The number of carboxylic acid groups (broad SMARTS) is 1. The zero-order valence-electron chi connectivity index (χ0n) is 9.11. The third-order valence-corrected chi connectivity index (χ3v) is 2.21. The molecule has 0 radical (unpaired) electrons. The van der Waals surface area contributed by atoms with E-state index in [1.807, 2.05) is 19.0 Å². The van der Waals surface area contributed by atoms with E-state index in [1.165, 1.54) is 12.1 Å². The van der Waals surface area contributed by atoms with Crippen molar-refractivity contribution in [1.29, 1.82) is 0 Å². The van der Waals surface area contributed by atoms with E-state index >= 15 is 0 Å². The number of carbonyl (C=O) groups is 1. The normalized spacial score (nSPS) is 10.5. The number of likely N-dealkylation sites (N-methyl/N-ethyl adjacent to an activating group) is 1. The number of carboxylic acids is 1. The third-order valence-electron chi connectivity index (χ3n) is 1.81. The summed E-state index contributed by atoms with van der Waals surface area (Å²) in [5, 5.41) is 8.83. The summed E-state index contributed by atoms with van der Waals surface area (Å²) in [7, 11) is 3.86. The smallest absolute Gasteiger partial charge is 0.335 e. The molecule has 0 atom stereocenters. The first kappa shape index (κ1) is 12.9. The number of halogens is 1. The van der Waals surface area contributed by atoms with Gasteiger partial charge in [-0.05, 0) is 36.1 Å². The largest absolute Gasteiger partial charge is 0.478 e. The van der Waals surface area contributed by atoms with Gasteiger partial charge in [0.2, 0.25) is 5.88 Å². The summed E-state index contributed by atoms with van der Waals surface area (Å²) in [4.78, 5) is 16.8. The number of nitrogens with zero attached hydrogens (tertiary/aromatic N) is 2. The minimum atomic E-state index is -0.999. The van der Waals surface area contributed by atoms with Crippen molar-refractivity contribution in [3.63, 3.8) is 0 Å². The summed E-state index contributed by atoms with van der Waals surface area (Å²) in [6.45, 7) is 1.21. The molecule has 0 saturated heterocycles. The molecule has 0 spiro atoms. The minimum absolute atomic E-state index is 0.154. The summed E-state index contributed by atoms with van der Waals surface area (Å²) in [5.74, 6) is -0.686. The molecular weight excluding hydrogens is 276 g/mol. The second kappa shape index (κ2) is 5.81. The van der Waals surface area contributed by atoms with E-state index < -0.39 is 5.97 Å². The van der Waals surface area contributed by atoms with Crippen molar-refractivity contribution in [2.24, 2.45) is 0 Å². The second-order valence-electron chi connectivity index (χ2n) is 3.47. The summed E-state index contributed by atoms with van der Waals surface area (Å²) in [6, 6.07) is 2.84. The highest BCUT2D eigenvalue weighted by atomic mass is 79.9. The topological polar surface area (TPSA) is 62.7 Å². The predicted molar refractivity (Wildman–Crippen MR) is 62.9 cm³/mol. The van der Waals surface area contributed by atoms with Crippen LogP contribution >= 0.6 is 15.9 Å². The highest BCUT2D eigenvalue weighted by Gasteiger charge is 2.07. The first-order valence-corrected chi connectivity index (χ1v) is 5.47. The molecule has 88 valence electrons. The summed E-state index contributed by atoms with van der Waals surface area (Å²) in [6.07, 6.45) is 0. The van der Waals surface area contributed by atoms with Crippen LogP contribution in [0.2, 0.25) is 0 Å². The van der Waals surface area contributed by atoms with Gasteiger partial charge >= 0.3 is 5.97 Å². The number of pyridine rings is 1. The first-order chi connectivity index (χ1) is 7.49. The van der Waals surface area contributed by atoms with Crippen molar-refractivity contribution in [1.82, 2.24) is 9.88 Å². The molecule has 0 aliphatic carbocycles. The molecule has 16 heavy (non-hydrogen) atoms. The molecule has 0 aliphatic rings. The maximum Gasteiger partial charge on any atom is 0.335 e. The van der Waals surface area contributed by atoms with Crippen molar-refractivity contribution < 1.29 is 14.6 Å². The van der Waals surface area contributed by atoms with Gasteiger partial charge in [0.1, 0.15) is 11.2 Å². The molecule has 1 aromatic heterocycles. The fourth-order valence-electron chi connectivity index (χ4n) is 1.00. The fraction of sp³-hybridized carbons (Fsp3) is 0.400. The van der Waals surface area contributed by atoms with Crippen LogP contribution < -0.4 is 4.74 Å². The Hall–Kier alpha value is -1.14. The lowest BCUT2D eigenvalue weighted by Crippen LogP contribution is -2.19. The van der Waals surface area contributed by atoms with Crippen molar-refractivity contribution >= 4 is 21.9 Å². The Morgan fingerprint density at radius 3 is 2.81 bits per heavy atom. The Morgan fingerprint density at radius 1 is 1.56 bits per heavy atom. The van der Waals surface area contributed by atoms with Gasteiger partial charge in [-0.1, -0.05) is 0 Å². The highest BCUT2D eigenvalue weighted by molar-refractivity contribution is 9.10. The van der Waals surface area contributed by atoms with Crippen LogP contribution in [-0.4, -0.2) is 48.2 Å². The maximum atomic E-state index is 10.8. The Kier molecular flexibility index (Phi) is 4.70. The Labute approximate surface area is 102 Å². The first-order valence-electron chi connectivity index (χ1n) is 4.67. The van der Waals surface area contributed by atoms with E-state index in [0.29, 0.717) is 17.1 Å². The van der Waals surface area contributed by atoms with E-state index in [1.54, 1.807) is 0 Å². The summed E-state index contributed by atoms with van der Waals surface area (Å²) < 4.78 is 5.79. The molecule has 0 saturated carbocycles. The predicted octanol–water partition coefficient (Wildman–Crippen LogP) is 1.48. The molecule has 1 aromatic rings. The standard InChI is InChI=1S/C10H13BrN2O3/c1-13(2)3-4-16-9-6-7(10(14)15)5-8(11)12-9/h5-6H,3-4H2,1-2H3,(H,14,15). The van der Waals surface area contributed by atoms with Crippen molar-refractivity contribution in [3.8, 4) is 5.88 Å². The lowest BCUT2D eigenvalue weighted by atomic mass is 10.3. The van der Waals surface area contributed by atoms with Gasteiger partial charge in [-0.15, -0.1) is 0 Å². The molecule has 0 bridgehead atoms. The monoisotopic (exact) mass is 288 g/mol. The highest BCUT2D eigenvalue weighted by Crippen LogP contribution is 2.16. The van der Waals surface area contributed by atoms with Crippen molar-refractivity contribution in [2.45, 2.75) is 0 Å². The van der Waals surface area contributed by atoms with E-state index in [4.69, 9.17) is 9.84 Å². The third kappa shape index (κ3) is 4.16. The van der Waals surface area contributed by atoms with Gasteiger partial charge in [-0.3, -0.25) is 0 Å². The number of ether oxygens (including phenoxy) is 1. The molecule has 0 unspecified atom stereocenters. The average molecular weight is 289 g/mol. The van der Waals surface area contributed by atoms with Crippen LogP contribution in [0.5, 0.6) is 5.88 Å². The van der Waals surface area contributed by atoms with E-state index in [9.17, 15) is 4.79 Å². The molecule has 0 aromatic carbocycles. The van der Waals surface area contributed by atoms with Gasteiger partial charge in [-0.25, -0.2) is 9.78 Å². The molecular formula is C10H13BrN2O3. The molecule has 6 heteroatoms. The average Bonchev–Trinajstić information content (AvgIpc) is 2.16. The lowest BCUT2D eigenvalue weighted by molar-refractivity contribution is 0.0696. The van der Waals surface area contributed by atoms with Crippen LogP contribution in [0.3, 0.4) is 0 Å². The zero-order chi connectivity index (χ0) is 12.1. The van der Waals surface area contributed by atoms with Crippen LogP contribution in [0.4, 0.5) is 0 Å². The molecule has 1 N–H and O–H groups in total. The zero-order valence-corrected chi connectivity index (χ0v) is 10.7. The van der Waals surface area contributed by atoms with Gasteiger partial charge in [-0.2, -0.15) is 0 Å². The van der Waals surface area contributed by atoms with Gasteiger partial charge in [0.15, 0.2) is 0 Å². The number of hydrogen-bond acceptors (Lipinski definition) is 4. The van der Waals surface area contributed by atoms with E-state index in [2.05, 4.69) is 20.9 Å². The van der Waals surface area contributed by atoms with Crippen LogP contribution in [0.25, 0.3) is 0 Å². The number of hydrogen-bond donors (Lipinski definition) is 1. The molecule has 0 amide bonds. The Morgan fingerprint density at radius 2 is 2.25 bits per heavy atom. The molecule has 0 fully saturated rings. The van der Waals surface area contributed by atoms with Crippen molar-refractivity contribution in [2.75, 3.05) is 27.2 Å². The molecule has 5 nitrogen and oxygen atoms in total. The van der Waals surface area contributed by atoms with Crippen LogP contribution in [0.1, 0.15) is 10.4 Å². The molecule has 0 aliphatic heterocycles. The van der Waals surface area contributed by atoms with Crippen molar-refractivity contribution in [3.05, 3.63) is 22.3 Å². The number of aromatic carboxylic acids is 1. The van der Waals surface area contributed by atoms with E-state index in [-0.39, 0.29) is 5.56 Å². The fourth-order valence-corrected chi connectivity index (χ4v) is 1.42. The minimum Gasteiger partial charge on any atom is -0.478 e. The van der Waals surface area contributed by atoms with Crippen LogP contribution in [0.15, 0.2) is 16.7 Å². The second-order valence-corrected chi connectivity index (χ2v) is 4.29. The number of aromatic nitrogens is 1. The molecule has 1 heterocycles. The summed E-state index contributed by atoms with van der Waals surface area (Å²) >= 11 is 3.14. The van der Waals surface area contributed by atoms with Gasteiger partial charge in [0.25, 0.3) is 0 Å². The van der Waals surface area contributed by atoms with Crippen LogP contribution in [-0.2, 0) is 0 Å². The lowest BCUT2D eigenvalue weighted by Gasteiger charge is -2.10. The quantitative estimate of drug-likeness (QED) is 0.832. The molecule has 1 rings (SSSR count). The van der Waals surface area contributed by atoms with Crippen LogP contribution in [0, 0.1) is 0 Å². The van der Waals surface area contributed by atoms with E-state index in [0.717, 1.165) is 6.54 Å². The Balaban J connectivity index is 2.69. The maximum absolute atomic E-state index is 10.8. The SMILES string of the molecule is CN(C)CCOc1cc(C(=O)O)cc(Br)n1. The van der Waals surface area contributed by atoms with Gasteiger partial charge in [0, 0.05) is 12.6 Å². The van der Waals surface area contributed by atoms with Gasteiger partial charge in [0.05, 0.1) is 5.56 Å². The van der Waals surface area contributed by atoms with Gasteiger partial charge < -0.3 is 14.7 Å². The number of rotatable bonds is 5.